The molecule has 0 amide bonds. The van der Waals surface area contributed by atoms with E-state index in [0.717, 1.165) is 69.2 Å². The topological polar surface area (TPSA) is 57.5 Å². The Labute approximate surface area is 155 Å². The van der Waals surface area contributed by atoms with Crippen molar-refractivity contribution in [2.45, 2.75) is 85.2 Å². The molecule has 4 nitrogen and oxygen atoms in total. The van der Waals surface area contributed by atoms with E-state index in [-0.39, 0.29) is 12.0 Å². The molecule has 0 aromatic carbocycles. The highest BCUT2D eigenvalue weighted by atomic mass is 16.4. The Hall–Kier alpha value is -0.870. The molecule has 0 aromatic heterocycles. The number of aliphatic hydroxyl groups is 1. The predicted octanol–water partition coefficient (Wildman–Crippen LogP) is 4.62. The summed E-state index contributed by atoms with van der Waals surface area (Å²) in [4.78, 5) is 11.2. The average Bonchev–Trinajstić information content (AvgIpc) is 2.59. The summed E-state index contributed by atoms with van der Waals surface area (Å²) < 4.78 is 0.863. The maximum Gasteiger partial charge on any atom is 0.306 e. The number of aliphatic carboxylic acids is 1. The fourth-order valence-corrected chi connectivity index (χ4v) is 3.25. The standard InChI is InChI=1S/C21H41NO3/c1-5-8-11-12-13-20(23)18-22(15-9-6-2,16-10-7-3)17-14-19(4)21(24)25/h11-12,19-20,23H,5-10,13-18H2,1-4H3/p+1/b12-11+. The minimum Gasteiger partial charge on any atom is -0.481 e. The summed E-state index contributed by atoms with van der Waals surface area (Å²) in [6.07, 6.45) is 12.0. The van der Waals surface area contributed by atoms with Gasteiger partial charge in [-0.05, 0) is 25.7 Å². The van der Waals surface area contributed by atoms with Gasteiger partial charge < -0.3 is 14.7 Å². The van der Waals surface area contributed by atoms with Crippen LogP contribution in [0.25, 0.3) is 0 Å². The van der Waals surface area contributed by atoms with Crippen LogP contribution in [0, 0.1) is 5.92 Å². The number of carboxylic acid groups (broad SMARTS) is 1. The van der Waals surface area contributed by atoms with E-state index < -0.39 is 5.97 Å². The van der Waals surface area contributed by atoms with Gasteiger partial charge in [-0.2, -0.15) is 0 Å². The SMILES string of the molecule is CCC/C=C/CC(O)C[N+](CCCC)(CCCC)CCC(C)C(=O)O. The summed E-state index contributed by atoms with van der Waals surface area (Å²) in [5.74, 6) is -1.03. The molecule has 25 heavy (non-hydrogen) atoms. The van der Waals surface area contributed by atoms with E-state index in [2.05, 4.69) is 32.9 Å². The van der Waals surface area contributed by atoms with Gasteiger partial charge in [-0.3, -0.25) is 4.79 Å². The molecule has 0 saturated heterocycles. The first-order valence-corrected chi connectivity index (χ1v) is 10.3. The largest absolute Gasteiger partial charge is 0.481 e. The van der Waals surface area contributed by atoms with Gasteiger partial charge >= 0.3 is 5.97 Å². The highest BCUT2D eigenvalue weighted by Crippen LogP contribution is 2.19. The fraction of sp³-hybridized carbons (Fsp3) is 0.857. The van der Waals surface area contributed by atoms with Crippen LogP contribution in [0.15, 0.2) is 12.2 Å². The van der Waals surface area contributed by atoms with Crippen LogP contribution in [0.3, 0.4) is 0 Å². The van der Waals surface area contributed by atoms with Crippen molar-refractivity contribution in [1.82, 2.24) is 0 Å². The summed E-state index contributed by atoms with van der Waals surface area (Å²) in [6, 6.07) is 0. The summed E-state index contributed by atoms with van der Waals surface area (Å²) in [7, 11) is 0. The van der Waals surface area contributed by atoms with E-state index in [4.69, 9.17) is 0 Å². The number of hydrogen-bond donors (Lipinski definition) is 2. The molecule has 0 aliphatic carbocycles. The zero-order valence-corrected chi connectivity index (χ0v) is 17.0. The number of unbranched alkanes of at least 4 members (excludes halogenated alkanes) is 3. The number of aliphatic hydroxyl groups excluding tert-OH is 1. The quantitative estimate of drug-likeness (QED) is 0.313. The van der Waals surface area contributed by atoms with Crippen molar-refractivity contribution in [3.05, 3.63) is 12.2 Å². The maximum absolute atomic E-state index is 11.2. The summed E-state index contributed by atoms with van der Waals surface area (Å²) in [6.45, 7) is 12.0. The van der Waals surface area contributed by atoms with Crippen molar-refractivity contribution in [2.75, 3.05) is 26.2 Å². The van der Waals surface area contributed by atoms with Crippen molar-refractivity contribution in [2.24, 2.45) is 5.92 Å². The molecule has 0 aliphatic rings. The second kappa shape index (κ2) is 14.3. The Morgan fingerprint density at radius 3 is 2.08 bits per heavy atom. The third-order valence-electron chi connectivity index (χ3n) is 5.06. The van der Waals surface area contributed by atoms with Gasteiger partial charge in [-0.1, -0.05) is 59.1 Å². The van der Waals surface area contributed by atoms with Crippen LogP contribution < -0.4 is 0 Å². The highest BCUT2D eigenvalue weighted by molar-refractivity contribution is 5.69. The second-order valence-electron chi connectivity index (χ2n) is 7.58. The molecule has 0 rings (SSSR count). The molecule has 0 aromatic rings. The first-order valence-electron chi connectivity index (χ1n) is 10.3. The van der Waals surface area contributed by atoms with Crippen LogP contribution in [0.5, 0.6) is 0 Å². The second-order valence-corrected chi connectivity index (χ2v) is 7.58. The number of quaternary nitrogens is 1. The number of carbonyl (C=O) groups is 1. The van der Waals surface area contributed by atoms with Gasteiger partial charge in [0.05, 0.1) is 25.6 Å². The normalized spacial score (nSPS) is 14.8. The smallest absolute Gasteiger partial charge is 0.306 e. The van der Waals surface area contributed by atoms with E-state index in [1.807, 2.05) is 0 Å². The number of allylic oxidation sites excluding steroid dienone is 1. The molecule has 2 N–H and O–H groups in total. The lowest BCUT2D eigenvalue weighted by molar-refractivity contribution is -0.931. The predicted molar refractivity (Wildman–Crippen MR) is 106 cm³/mol. The van der Waals surface area contributed by atoms with Gasteiger partial charge in [0.1, 0.15) is 12.6 Å². The molecular weight excluding hydrogens is 314 g/mol. The van der Waals surface area contributed by atoms with Crippen molar-refractivity contribution in [3.63, 3.8) is 0 Å². The first-order chi connectivity index (χ1) is 11.9. The summed E-state index contributed by atoms with van der Waals surface area (Å²) in [5, 5.41) is 19.8. The molecule has 2 atom stereocenters. The number of hydrogen-bond acceptors (Lipinski definition) is 2. The van der Waals surface area contributed by atoms with Crippen molar-refractivity contribution < 1.29 is 19.5 Å². The molecule has 0 saturated carbocycles. The van der Waals surface area contributed by atoms with Crippen LogP contribution in [-0.2, 0) is 4.79 Å². The van der Waals surface area contributed by atoms with Gasteiger partial charge in [-0.15, -0.1) is 0 Å². The molecule has 2 unspecified atom stereocenters. The lowest BCUT2D eigenvalue weighted by atomic mass is 10.0. The number of carboxylic acids is 1. The van der Waals surface area contributed by atoms with Crippen LogP contribution in [0.2, 0.25) is 0 Å². The Morgan fingerprint density at radius 2 is 1.60 bits per heavy atom. The molecule has 0 bridgehead atoms. The van der Waals surface area contributed by atoms with E-state index >= 15 is 0 Å². The van der Waals surface area contributed by atoms with Crippen LogP contribution in [0.1, 0.15) is 79.1 Å². The average molecular weight is 357 g/mol. The molecule has 0 heterocycles. The minimum atomic E-state index is -0.716. The zero-order valence-electron chi connectivity index (χ0n) is 17.0. The Morgan fingerprint density at radius 1 is 1.00 bits per heavy atom. The van der Waals surface area contributed by atoms with E-state index in [1.165, 1.54) is 0 Å². The van der Waals surface area contributed by atoms with Crippen molar-refractivity contribution in [3.8, 4) is 0 Å². The lowest BCUT2D eigenvalue weighted by Gasteiger charge is -2.41. The Kier molecular flexibility index (Phi) is 13.8. The lowest BCUT2D eigenvalue weighted by Crippen LogP contribution is -2.54. The Bertz CT molecular complexity index is 360. The molecular formula is C21H42NO3+. The summed E-state index contributed by atoms with van der Waals surface area (Å²) in [5.41, 5.74) is 0. The molecule has 0 fully saturated rings. The van der Waals surface area contributed by atoms with Crippen molar-refractivity contribution in [1.29, 1.82) is 0 Å². The van der Waals surface area contributed by atoms with Crippen LogP contribution in [0.4, 0.5) is 0 Å². The molecule has 0 spiro atoms. The third kappa shape index (κ3) is 11.4. The third-order valence-corrected chi connectivity index (χ3v) is 5.06. The van der Waals surface area contributed by atoms with Crippen LogP contribution in [-0.4, -0.2) is 52.9 Å². The summed E-state index contributed by atoms with van der Waals surface area (Å²) >= 11 is 0. The Balaban J connectivity index is 4.98. The first kappa shape index (κ1) is 24.1. The van der Waals surface area contributed by atoms with Gasteiger partial charge in [0.25, 0.3) is 0 Å². The monoisotopic (exact) mass is 356 g/mol. The molecule has 4 heteroatoms. The zero-order chi connectivity index (χ0) is 19.1. The highest BCUT2D eigenvalue weighted by Gasteiger charge is 2.30. The number of nitrogens with zero attached hydrogens (tertiary/aromatic N) is 1. The van der Waals surface area contributed by atoms with Gasteiger partial charge in [0.2, 0.25) is 0 Å². The van der Waals surface area contributed by atoms with Gasteiger partial charge in [-0.25, -0.2) is 0 Å². The molecule has 0 radical (unpaired) electrons. The maximum atomic E-state index is 11.2. The molecule has 0 aliphatic heterocycles. The van der Waals surface area contributed by atoms with Gasteiger partial charge in [0, 0.05) is 6.42 Å². The van der Waals surface area contributed by atoms with E-state index in [9.17, 15) is 15.0 Å². The fourth-order valence-electron chi connectivity index (χ4n) is 3.25. The van der Waals surface area contributed by atoms with E-state index in [1.54, 1.807) is 6.92 Å². The van der Waals surface area contributed by atoms with Gasteiger partial charge in [0.15, 0.2) is 0 Å². The number of rotatable bonds is 16. The van der Waals surface area contributed by atoms with Crippen molar-refractivity contribution >= 4 is 5.97 Å². The van der Waals surface area contributed by atoms with E-state index in [0.29, 0.717) is 12.8 Å². The van der Waals surface area contributed by atoms with Crippen LogP contribution >= 0.6 is 0 Å². The minimum absolute atomic E-state index is 0.317. The molecule has 148 valence electrons.